The number of allylic oxidation sites excluding steroid dienone is 4. The lowest BCUT2D eigenvalue weighted by Crippen LogP contribution is -2.30. The second-order valence-electron chi connectivity index (χ2n) is 7.79. The Labute approximate surface area is 134 Å². The van der Waals surface area contributed by atoms with Crippen molar-refractivity contribution in [2.24, 2.45) is 35.5 Å². The summed E-state index contributed by atoms with van der Waals surface area (Å²) in [6, 6.07) is 2.24. The molecule has 3 rings (SSSR count). The lowest BCUT2D eigenvalue weighted by molar-refractivity contribution is 0.207. The van der Waals surface area contributed by atoms with Crippen LogP contribution in [0.2, 0.25) is 0 Å². The lowest BCUT2D eigenvalue weighted by atomic mass is 9.64. The van der Waals surface area contributed by atoms with E-state index in [9.17, 15) is 5.26 Å². The van der Waals surface area contributed by atoms with Crippen molar-refractivity contribution in [1.29, 1.82) is 5.26 Å². The standard InChI is InChI=1S/C20H26N2/c1-13-4-6-15-8-9-16-7-5-14(2)11-18(16)20(17(15)10-13)19(12-21)22-3/h8-9,13-18H,4-7,10-11H2,1-2H3. The summed E-state index contributed by atoms with van der Waals surface area (Å²) in [7, 11) is 0. The van der Waals surface area contributed by atoms with Gasteiger partial charge < -0.3 is 0 Å². The van der Waals surface area contributed by atoms with E-state index in [2.05, 4.69) is 36.9 Å². The lowest BCUT2D eigenvalue weighted by Gasteiger charge is -2.40. The molecule has 0 aromatic rings. The van der Waals surface area contributed by atoms with E-state index in [-0.39, 0.29) is 0 Å². The minimum Gasteiger partial charge on any atom is -0.227 e. The van der Waals surface area contributed by atoms with Gasteiger partial charge in [0.15, 0.2) is 0 Å². The van der Waals surface area contributed by atoms with Crippen LogP contribution in [0.3, 0.4) is 0 Å². The number of nitrogens with zero attached hydrogens (tertiary/aromatic N) is 2. The van der Waals surface area contributed by atoms with E-state index < -0.39 is 0 Å². The molecule has 3 aliphatic rings. The highest BCUT2D eigenvalue weighted by Gasteiger charge is 2.41. The van der Waals surface area contributed by atoms with Gasteiger partial charge in [-0.1, -0.05) is 38.8 Å². The van der Waals surface area contributed by atoms with Crippen LogP contribution in [-0.2, 0) is 0 Å². The molecule has 0 N–H and O–H groups in total. The number of nitriles is 1. The van der Waals surface area contributed by atoms with Crippen LogP contribution in [0.15, 0.2) is 23.4 Å². The Morgan fingerprint density at radius 2 is 1.55 bits per heavy atom. The summed E-state index contributed by atoms with van der Waals surface area (Å²) in [5.74, 6) is 3.41. The van der Waals surface area contributed by atoms with Gasteiger partial charge in [-0.05, 0) is 66.8 Å². The van der Waals surface area contributed by atoms with Gasteiger partial charge in [-0.3, -0.25) is 0 Å². The molecule has 116 valence electrons. The molecule has 0 saturated heterocycles. The fourth-order valence-electron chi connectivity index (χ4n) is 5.05. The first-order chi connectivity index (χ1) is 10.6. The Bertz CT molecular complexity index is 523. The summed E-state index contributed by atoms with van der Waals surface area (Å²) >= 11 is 0. The molecule has 3 aliphatic carbocycles. The van der Waals surface area contributed by atoms with E-state index in [1.54, 1.807) is 0 Å². The SMILES string of the molecule is [C-]#[N+]C(C#N)=C1C2CC(C)CCC2C=CC2CCC(C)CC12. The fraction of sp³-hybridized carbons (Fsp3) is 0.700. The predicted molar refractivity (Wildman–Crippen MR) is 88.4 cm³/mol. The average molecular weight is 294 g/mol. The van der Waals surface area contributed by atoms with Crippen LogP contribution in [-0.4, -0.2) is 0 Å². The third-order valence-electron chi connectivity index (χ3n) is 6.23. The monoisotopic (exact) mass is 294 g/mol. The van der Waals surface area contributed by atoms with Crippen LogP contribution in [0.4, 0.5) is 0 Å². The first-order valence-electron chi connectivity index (χ1n) is 8.84. The summed E-state index contributed by atoms with van der Waals surface area (Å²) in [5.41, 5.74) is 1.65. The molecular weight excluding hydrogens is 268 g/mol. The van der Waals surface area contributed by atoms with Gasteiger partial charge >= 0.3 is 0 Å². The highest BCUT2D eigenvalue weighted by atomic mass is 14.7. The van der Waals surface area contributed by atoms with Gasteiger partial charge in [0, 0.05) is 0 Å². The molecule has 2 fully saturated rings. The summed E-state index contributed by atoms with van der Waals surface area (Å²) in [4.78, 5) is 3.64. The molecule has 2 nitrogen and oxygen atoms in total. The summed E-state index contributed by atoms with van der Waals surface area (Å²) in [5, 5.41) is 9.54. The maximum atomic E-state index is 9.54. The Hall–Kier alpha value is -1.54. The van der Waals surface area contributed by atoms with Crippen molar-refractivity contribution in [3.63, 3.8) is 0 Å². The highest BCUT2D eigenvalue weighted by Crippen LogP contribution is 2.51. The number of hydrogen-bond acceptors (Lipinski definition) is 1. The molecule has 0 aromatic carbocycles. The largest absolute Gasteiger partial charge is 0.261 e. The molecule has 2 saturated carbocycles. The topological polar surface area (TPSA) is 28.1 Å². The van der Waals surface area contributed by atoms with Gasteiger partial charge in [-0.15, -0.1) is 0 Å². The first kappa shape index (κ1) is 15.4. The molecule has 0 aromatic heterocycles. The molecule has 0 amide bonds. The van der Waals surface area contributed by atoms with Crippen molar-refractivity contribution in [2.75, 3.05) is 0 Å². The van der Waals surface area contributed by atoms with Gasteiger partial charge in [0.2, 0.25) is 0 Å². The first-order valence-corrected chi connectivity index (χ1v) is 8.84. The van der Waals surface area contributed by atoms with Crippen molar-refractivity contribution in [2.45, 2.75) is 52.4 Å². The van der Waals surface area contributed by atoms with E-state index in [0.29, 0.717) is 41.2 Å². The molecule has 0 radical (unpaired) electrons. The van der Waals surface area contributed by atoms with Crippen LogP contribution >= 0.6 is 0 Å². The minimum absolute atomic E-state index is 0.414. The maximum Gasteiger partial charge on any atom is 0.261 e. The predicted octanol–water partition coefficient (Wildman–Crippen LogP) is 5.36. The third-order valence-corrected chi connectivity index (χ3v) is 6.23. The third kappa shape index (κ3) is 2.72. The van der Waals surface area contributed by atoms with Gasteiger partial charge in [-0.25, -0.2) is 10.1 Å². The van der Waals surface area contributed by atoms with Crippen molar-refractivity contribution >= 4 is 0 Å². The fourth-order valence-corrected chi connectivity index (χ4v) is 5.05. The molecule has 0 spiro atoms. The van der Waals surface area contributed by atoms with Gasteiger partial charge in [0.25, 0.3) is 5.70 Å². The molecule has 0 aliphatic heterocycles. The molecule has 0 bridgehead atoms. The van der Waals surface area contributed by atoms with Crippen LogP contribution < -0.4 is 0 Å². The quantitative estimate of drug-likeness (QED) is 0.336. The van der Waals surface area contributed by atoms with Crippen molar-refractivity contribution in [1.82, 2.24) is 0 Å². The van der Waals surface area contributed by atoms with Gasteiger partial charge in [0.05, 0.1) is 12.6 Å². The number of rotatable bonds is 0. The van der Waals surface area contributed by atoms with E-state index in [4.69, 9.17) is 6.57 Å². The van der Waals surface area contributed by atoms with Crippen molar-refractivity contribution < 1.29 is 0 Å². The smallest absolute Gasteiger partial charge is 0.227 e. The van der Waals surface area contributed by atoms with Gasteiger partial charge in [-0.2, -0.15) is 0 Å². The average Bonchev–Trinajstić information content (AvgIpc) is 2.66. The van der Waals surface area contributed by atoms with E-state index >= 15 is 0 Å². The molecule has 2 heteroatoms. The number of hydrogen-bond donors (Lipinski definition) is 0. The van der Waals surface area contributed by atoms with E-state index in [1.165, 1.54) is 31.3 Å². The van der Waals surface area contributed by atoms with Crippen LogP contribution in [0.25, 0.3) is 4.85 Å². The summed E-state index contributed by atoms with van der Waals surface area (Å²) < 4.78 is 0. The zero-order valence-electron chi connectivity index (χ0n) is 13.8. The van der Waals surface area contributed by atoms with E-state index in [0.717, 1.165) is 12.8 Å². The maximum absolute atomic E-state index is 9.54. The van der Waals surface area contributed by atoms with Crippen molar-refractivity contribution in [3.05, 3.63) is 34.8 Å². The second-order valence-corrected chi connectivity index (χ2v) is 7.79. The Morgan fingerprint density at radius 3 is 1.95 bits per heavy atom. The normalized spacial score (nSPS) is 40.6. The van der Waals surface area contributed by atoms with Crippen LogP contribution in [0, 0.1) is 53.4 Å². The van der Waals surface area contributed by atoms with Crippen molar-refractivity contribution in [3.8, 4) is 6.07 Å². The van der Waals surface area contributed by atoms with Crippen LogP contribution in [0.1, 0.15) is 52.4 Å². The zero-order valence-corrected chi connectivity index (χ0v) is 13.8. The minimum atomic E-state index is 0.414. The van der Waals surface area contributed by atoms with Crippen LogP contribution in [0.5, 0.6) is 0 Å². The summed E-state index contributed by atoms with van der Waals surface area (Å²) in [6.45, 7) is 12.2. The van der Waals surface area contributed by atoms with Gasteiger partial charge in [0.1, 0.15) is 0 Å². The molecule has 6 unspecified atom stereocenters. The Balaban J connectivity index is 2.07. The highest BCUT2D eigenvalue weighted by molar-refractivity contribution is 5.39. The molecule has 0 heterocycles. The second kappa shape index (κ2) is 6.29. The Morgan fingerprint density at radius 1 is 1.05 bits per heavy atom. The number of fused-ring (bicyclic) bond motifs is 2. The summed E-state index contributed by atoms with van der Waals surface area (Å²) in [6.07, 6.45) is 12.2. The Kier molecular flexibility index (Phi) is 4.39. The van der Waals surface area contributed by atoms with E-state index in [1.807, 2.05) is 0 Å². The molecule has 22 heavy (non-hydrogen) atoms. The molecule has 6 atom stereocenters. The zero-order chi connectivity index (χ0) is 15.7. The molecular formula is C20H26N2.